The van der Waals surface area contributed by atoms with Gasteiger partial charge in [-0.25, -0.2) is 4.98 Å². The van der Waals surface area contributed by atoms with Crippen molar-refractivity contribution in [3.8, 4) is 5.75 Å². The predicted molar refractivity (Wildman–Crippen MR) is 112 cm³/mol. The molecule has 1 aromatic carbocycles. The van der Waals surface area contributed by atoms with E-state index in [1.54, 1.807) is 12.3 Å². The lowest BCUT2D eigenvalue weighted by atomic mass is 10.3. The normalized spacial score (nSPS) is 13.1. The SMILES string of the molecule is CCn1c(SC(C)C(=O)Nc2nccs2)nnc1C(C)Oc1ccccc1Cl. The van der Waals surface area contributed by atoms with E-state index in [4.69, 9.17) is 16.3 Å². The van der Waals surface area contributed by atoms with Crippen LogP contribution < -0.4 is 10.1 Å². The molecule has 0 spiro atoms. The van der Waals surface area contributed by atoms with Gasteiger partial charge in [0, 0.05) is 18.1 Å². The van der Waals surface area contributed by atoms with Gasteiger partial charge in [-0.1, -0.05) is 35.5 Å². The maximum Gasteiger partial charge on any atom is 0.239 e. The quantitative estimate of drug-likeness (QED) is 0.516. The van der Waals surface area contributed by atoms with Gasteiger partial charge in [-0.2, -0.15) is 0 Å². The van der Waals surface area contributed by atoms with Gasteiger partial charge in [-0.3, -0.25) is 4.79 Å². The highest BCUT2D eigenvalue weighted by molar-refractivity contribution is 8.00. The van der Waals surface area contributed by atoms with Crippen molar-refractivity contribution in [2.24, 2.45) is 0 Å². The summed E-state index contributed by atoms with van der Waals surface area (Å²) in [6, 6.07) is 7.30. The molecule has 1 N–H and O–H groups in total. The Morgan fingerprint density at radius 1 is 1.36 bits per heavy atom. The van der Waals surface area contributed by atoms with Crippen LogP contribution in [0.5, 0.6) is 5.75 Å². The van der Waals surface area contributed by atoms with Crippen molar-refractivity contribution in [3.05, 3.63) is 46.7 Å². The molecule has 28 heavy (non-hydrogen) atoms. The van der Waals surface area contributed by atoms with Gasteiger partial charge < -0.3 is 14.6 Å². The molecule has 0 aliphatic carbocycles. The fourth-order valence-electron chi connectivity index (χ4n) is 2.47. The molecule has 148 valence electrons. The van der Waals surface area contributed by atoms with Crippen LogP contribution >= 0.6 is 34.7 Å². The molecule has 2 heterocycles. The highest BCUT2D eigenvalue weighted by Crippen LogP contribution is 2.30. The van der Waals surface area contributed by atoms with E-state index in [2.05, 4.69) is 20.5 Å². The number of hydrogen-bond donors (Lipinski definition) is 1. The van der Waals surface area contributed by atoms with E-state index in [9.17, 15) is 4.79 Å². The van der Waals surface area contributed by atoms with Gasteiger partial charge in [-0.15, -0.1) is 21.5 Å². The van der Waals surface area contributed by atoms with Crippen molar-refractivity contribution in [1.29, 1.82) is 0 Å². The van der Waals surface area contributed by atoms with E-state index in [0.29, 0.717) is 33.4 Å². The van der Waals surface area contributed by atoms with Crippen LogP contribution in [0.4, 0.5) is 5.13 Å². The number of ether oxygens (including phenoxy) is 1. The van der Waals surface area contributed by atoms with Crippen LogP contribution in [-0.4, -0.2) is 30.9 Å². The number of nitrogens with one attached hydrogen (secondary N) is 1. The van der Waals surface area contributed by atoms with Gasteiger partial charge in [0.25, 0.3) is 0 Å². The Morgan fingerprint density at radius 3 is 2.82 bits per heavy atom. The van der Waals surface area contributed by atoms with Crippen LogP contribution in [0.2, 0.25) is 5.02 Å². The predicted octanol–water partition coefficient (Wildman–Crippen LogP) is 4.67. The number of rotatable bonds is 8. The summed E-state index contributed by atoms with van der Waals surface area (Å²) in [4.78, 5) is 16.4. The molecule has 10 heteroatoms. The lowest BCUT2D eigenvalue weighted by molar-refractivity contribution is -0.115. The molecule has 0 saturated heterocycles. The Bertz CT molecular complexity index is 932. The van der Waals surface area contributed by atoms with Crippen molar-refractivity contribution in [2.45, 2.75) is 43.8 Å². The third-order valence-electron chi connectivity index (χ3n) is 3.88. The molecule has 3 rings (SSSR count). The molecular weight excluding hydrogens is 418 g/mol. The minimum atomic E-state index is -0.356. The molecule has 2 unspecified atom stereocenters. The van der Waals surface area contributed by atoms with Crippen molar-refractivity contribution in [2.75, 3.05) is 5.32 Å². The molecule has 0 aliphatic rings. The summed E-state index contributed by atoms with van der Waals surface area (Å²) in [5, 5.41) is 14.6. The van der Waals surface area contributed by atoms with Crippen LogP contribution in [0.1, 0.15) is 32.7 Å². The number of carbonyl (C=O) groups excluding carboxylic acids is 1. The number of para-hydroxylation sites is 1. The zero-order valence-corrected chi connectivity index (χ0v) is 18.0. The number of hydrogen-bond acceptors (Lipinski definition) is 7. The third kappa shape index (κ3) is 4.84. The largest absolute Gasteiger partial charge is 0.481 e. The molecule has 7 nitrogen and oxygen atoms in total. The van der Waals surface area contributed by atoms with Crippen LogP contribution in [0.3, 0.4) is 0 Å². The second-order valence-electron chi connectivity index (χ2n) is 5.86. The molecule has 3 aromatic rings. The van der Waals surface area contributed by atoms with E-state index < -0.39 is 0 Å². The number of anilines is 1. The Labute approximate surface area is 176 Å². The van der Waals surface area contributed by atoms with Crippen LogP contribution in [-0.2, 0) is 11.3 Å². The number of thioether (sulfide) groups is 1. The van der Waals surface area contributed by atoms with Crippen LogP contribution in [0.25, 0.3) is 0 Å². The first kappa shape index (κ1) is 20.6. The van der Waals surface area contributed by atoms with Crippen molar-refractivity contribution < 1.29 is 9.53 Å². The topological polar surface area (TPSA) is 81.9 Å². The molecule has 2 aromatic heterocycles. The molecule has 2 atom stereocenters. The van der Waals surface area contributed by atoms with Gasteiger partial charge in [-0.05, 0) is 32.9 Å². The lowest BCUT2D eigenvalue weighted by Crippen LogP contribution is -2.23. The maximum absolute atomic E-state index is 12.4. The maximum atomic E-state index is 12.4. The first-order valence-electron chi connectivity index (χ1n) is 8.70. The minimum Gasteiger partial charge on any atom is -0.481 e. The number of nitrogens with zero attached hydrogens (tertiary/aromatic N) is 4. The van der Waals surface area contributed by atoms with E-state index in [-0.39, 0.29) is 17.3 Å². The summed E-state index contributed by atoms with van der Waals surface area (Å²) < 4.78 is 7.90. The molecular formula is C18H20ClN5O2S2. The number of benzene rings is 1. The summed E-state index contributed by atoms with van der Waals surface area (Å²) in [5.41, 5.74) is 0. The summed E-state index contributed by atoms with van der Waals surface area (Å²) >= 11 is 8.90. The van der Waals surface area contributed by atoms with Crippen LogP contribution in [0, 0.1) is 0 Å². The Balaban J connectivity index is 1.70. The zero-order valence-electron chi connectivity index (χ0n) is 15.6. The fourth-order valence-corrected chi connectivity index (χ4v) is 4.10. The standard InChI is InChI=1S/C18H20ClN5O2S2/c1-4-24-15(11(2)26-14-8-6-5-7-13(14)19)22-23-18(24)28-12(3)16(25)21-17-20-9-10-27-17/h5-12H,4H2,1-3H3,(H,20,21,25). The number of amides is 1. The minimum absolute atomic E-state index is 0.132. The summed E-state index contributed by atoms with van der Waals surface area (Å²) in [6.07, 6.45) is 1.31. The number of thiazole rings is 1. The average molecular weight is 438 g/mol. The van der Waals surface area contributed by atoms with E-state index in [1.165, 1.54) is 23.1 Å². The number of aromatic nitrogens is 4. The number of halogens is 1. The van der Waals surface area contributed by atoms with Crippen molar-refractivity contribution in [3.63, 3.8) is 0 Å². The third-order valence-corrected chi connectivity index (χ3v) is 5.96. The molecule has 0 fully saturated rings. The first-order valence-corrected chi connectivity index (χ1v) is 10.8. The van der Waals surface area contributed by atoms with Gasteiger partial charge in [0.15, 0.2) is 22.2 Å². The van der Waals surface area contributed by atoms with E-state index in [1.807, 2.05) is 48.9 Å². The summed E-state index contributed by atoms with van der Waals surface area (Å²) in [6.45, 7) is 6.37. The Morgan fingerprint density at radius 2 is 2.14 bits per heavy atom. The fraction of sp³-hybridized carbons (Fsp3) is 0.333. The second kappa shape index (κ2) is 9.40. The number of carbonyl (C=O) groups is 1. The highest BCUT2D eigenvalue weighted by Gasteiger charge is 2.23. The van der Waals surface area contributed by atoms with Gasteiger partial charge in [0.1, 0.15) is 5.75 Å². The average Bonchev–Trinajstić information content (AvgIpc) is 3.33. The van der Waals surface area contributed by atoms with Gasteiger partial charge in [0.05, 0.1) is 10.3 Å². The van der Waals surface area contributed by atoms with Gasteiger partial charge >= 0.3 is 0 Å². The van der Waals surface area contributed by atoms with Crippen molar-refractivity contribution in [1.82, 2.24) is 19.7 Å². The molecule has 0 radical (unpaired) electrons. The van der Waals surface area contributed by atoms with Crippen LogP contribution in [0.15, 0.2) is 41.0 Å². The van der Waals surface area contributed by atoms with E-state index >= 15 is 0 Å². The monoisotopic (exact) mass is 437 g/mol. The Hall–Kier alpha value is -2.10. The molecule has 0 saturated carbocycles. The molecule has 0 bridgehead atoms. The highest BCUT2D eigenvalue weighted by atomic mass is 35.5. The molecule has 1 amide bonds. The zero-order chi connectivity index (χ0) is 20.1. The smallest absolute Gasteiger partial charge is 0.239 e. The summed E-state index contributed by atoms with van der Waals surface area (Å²) in [5.74, 6) is 1.14. The van der Waals surface area contributed by atoms with E-state index in [0.717, 1.165) is 0 Å². The van der Waals surface area contributed by atoms with Crippen molar-refractivity contribution >= 4 is 45.7 Å². The second-order valence-corrected chi connectivity index (χ2v) is 8.47. The Kier molecular flexibility index (Phi) is 6.93. The first-order chi connectivity index (χ1) is 13.5. The molecule has 0 aliphatic heterocycles. The lowest BCUT2D eigenvalue weighted by Gasteiger charge is -2.17. The van der Waals surface area contributed by atoms with Gasteiger partial charge in [0.2, 0.25) is 5.91 Å². The summed E-state index contributed by atoms with van der Waals surface area (Å²) in [7, 11) is 0.